The molecule has 0 spiro atoms. The van der Waals surface area contributed by atoms with Crippen LogP contribution in [0.25, 0.3) is 11.2 Å². The van der Waals surface area contributed by atoms with Gasteiger partial charge in [0.15, 0.2) is 17.0 Å². The predicted molar refractivity (Wildman–Crippen MR) is 57.4 cm³/mol. The number of aromatic nitrogens is 4. The monoisotopic (exact) mass is 204 g/mol. The Morgan fingerprint density at radius 3 is 3.00 bits per heavy atom. The number of anilines is 2. The Bertz CT molecular complexity index is 513. The lowest BCUT2D eigenvalue weighted by Crippen LogP contribution is -2.07. The number of hydrogen-bond acceptors (Lipinski definition) is 5. The van der Waals surface area contributed by atoms with Gasteiger partial charge in [-0.25, -0.2) is 4.98 Å². The van der Waals surface area contributed by atoms with Crippen molar-refractivity contribution in [1.82, 2.24) is 19.5 Å². The van der Waals surface area contributed by atoms with Gasteiger partial charge in [0.1, 0.15) is 0 Å². The molecule has 1 fully saturated rings. The SMILES string of the molecule is Cn1cnc2c(NC3CC3)nc(N)nc21. The molecular weight excluding hydrogens is 192 g/mol. The maximum atomic E-state index is 5.65. The number of aryl methyl sites for hydroxylation is 1. The number of hydrogen-bond donors (Lipinski definition) is 2. The molecule has 78 valence electrons. The van der Waals surface area contributed by atoms with Gasteiger partial charge in [-0.05, 0) is 12.8 Å². The average molecular weight is 204 g/mol. The maximum Gasteiger partial charge on any atom is 0.224 e. The lowest BCUT2D eigenvalue weighted by atomic mass is 10.4. The summed E-state index contributed by atoms with van der Waals surface area (Å²) in [6.45, 7) is 0. The summed E-state index contributed by atoms with van der Waals surface area (Å²) >= 11 is 0. The van der Waals surface area contributed by atoms with Crippen LogP contribution in [0.1, 0.15) is 12.8 Å². The average Bonchev–Trinajstić information content (AvgIpc) is 2.92. The summed E-state index contributed by atoms with van der Waals surface area (Å²) in [7, 11) is 1.89. The Kier molecular flexibility index (Phi) is 1.59. The molecule has 0 unspecified atom stereocenters. The third kappa shape index (κ3) is 1.38. The standard InChI is InChI=1S/C9H12N6/c1-15-4-11-6-7(12-5-2-3-5)13-9(10)14-8(6)15/h4-5H,2-3H2,1H3,(H3,10,12,13,14). The molecule has 6 heteroatoms. The van der Waals surface area contributed by atoms with Gasteiger partial charge in [-0.2, -0.15) is 9.97 Å². The number of nitrogen functional groups attached to an aromatic ring is 1. The first kappa shape index (κ1) is 8.46. The second kappa shape index (κ2) is 2.82. The highest BCUT2D eigenvalue weighted by atomic mass is 15.2. The number of nitrogens with zero attached hydrogens (tertiary/aromatic N) is 4. The highest BCUT2D eigenvalue weighted by Crippen LogP contribution is 2.27. The minimum Gasteiger partial charge on any atom is -0.368 e. The molecule has 0 aromatic carbocycles. The molecule has 0 amide bonds. The zero-order valence-electron chi connectivity index (χ0n) is 8.44. The molecule has 0 saturated heterocycles. The molecule has 6 nitrogen and oxygen atoms in total. The van der Waals surface area contributed by atoms with Crippen molar-refractivity contribution in [2.75, 3.05) is 11.1 Å². The van der Waals surface area contributed by atoms with Crippen LogP contribution < -0.4 is 11.1 Å². The summed E-state index contributed by atoms with van der Waals surface area (Å²) in [6.07, 6.45) is 4.10. The van der Waals surface area contributed by atoms with Gasteiger partial charge in [-0.1, -0.05) is 0 Å². The van der Waals surface area contributed by atoms with Gasteiger partial charge in [-0.15, -0.1) is 0 Å². The lowest BCUT2D eigenvalue weighted by molar-refractivity contribution is 0.929. The number of nitrogens with two attached hydrogens (primary N) is 1. The minimum absolute atomic E-state index is 0.286. The first-order valence-corrected chi connectivity index (χ1v) is 4.95. The molecule has 15 heavy (non-hydrogen) atoms. The van der Waals surface area contributed by atoms with Crippen LogP contribution in [0.3, 0.4) is 0 Å². The number of rotatable bonds is 2. The van der Waals surface area contributed by atoms with E-state index in [0.29, 0.717) is 6.04 Å². The fraction of sp³-hybridized carbons (Fsp3) is 0.444. The Balaban J connectivity index is 2.16. The van der Waals surface area contributed by atoms with Crippen molar-refractivity contribution in [3.05, 3.63) is 6.33 Å². The van der Waals surface area contributed by atoms with Crippen molar-refractivity contribution in [3.8, 4) is 0 Å². The largest absolute Gasteiger partial charge is 0.368 e. The summed E-state index contributed by atoms with van der Waals surface area (Å²) in [5.74, 6) is 1.04. The zero-order valence-corrected chi connectivity index (χ0v) is 8.44. The third-order valence-electron chi connectivity index (χ3n) is 2.50. The van der Waals surface area contributed by atoms with E-state index in [0.717, 1.165) is 17.0 Å². The zero-order chi connectivity index (χ0) is 10.4. The fourth-order valence-corrected chi connectivity index (χ4v) is 1.55. The van der Waals surface area contributed by atoms with E-state index in [1.807, 2.05) is 11.6 Å². The Labute approximate surface area is 86.5 Å². The number of nitrogens with one attached hydrogen (secondary N) is 1. The van der Waals surface area contributed by atoms with Crippen molar-refractivity contribution in [2.24, 2.45) is 7.05 Å². The molecule has 1 aliphatic rings. The van der Waals surface area contributed by atoms with Crippen molar-refractivity contribution in [3.63, 3.8) is 0 Å². The fourth-order valence-electron chi connectivity index (χ4n) is 1.55. The molecule has 0 aliphatic heterocycles. The molecule has 1 saturated carbocycles. The van der Waals surface area contributed by atoms with Gasteiger partial charge >= 0.3 is 0 Å². The normalized spacial score (nSPS) is 15.8. The first-order chi connectivity index (χ1) is 7.24. The van der Waals surface area contributed by atoms with Crippen molar-refractivity contribution < 1.29 is 0 Å². The summed E-state index contributed by atoms with van der Waals surface area (Å²) in [4.78, 5) is 12.6. The highest BCUT2D eigenvalue weighted by Gasteiger charge is 2.23. The molecule has 2 heterocycles. The van der Waals surface area contributed by atoms with E-state index in [2.05, 4.69) is 20.3 Å². The highest BCUT2D eigenvalue weighted by molar-refractivity contribution is 5.84. The van der Waals surface area contributed by atoms with Gasteiger partial charge in [0.05, 0.1) is 6.33 Å². The second-order valence-electron chi connectivity index (χ2n) is 3.88. The topological polar surface area (TPSA) is 81.7 Å². The van der Waals surface area contributed by atoms with Crippen LogP contribution in [-0.4, -0.2) is 25.6 Å². The van der Waals surface area contributed by atoms with Crippen molar-refractivity contribution in [1.29, 1.82) is 0 Å². The van der Waals surface area contributed by atoms with Gasteiger partial charge in [0, 0.05) is 13.1 Å². The number of imidazole rings is 1. The van der Waals surface area contributed by atoms with Gasteiger partial charge in [-0.3, -0.25) is 0 Å². The number of fused-ring (bicyclic) bond motifs is 1. The molecular formula is C9H12N6. The molecule has 0 bridgehead atoms. The van der Waals surface area contributed by atoms with Crippen molar-refractivity contribution in [2.45, 2.75) is 18.9 Å². The van der Waals surface area contributed by atoms with Crippen LogP contribution >= 0.6 is 0 Å². The van der Waals surface area contributed by atoms with E-state index in [1.165, 1.54) is 12.8 Å². The van der Waals surface area contributed by atoms with E-state index >= 15 is 0 Å². The summed E-state index contributed by atoms with van der Waals surface area (Å²) in [5.41, 5.74) is 7.21. The maximum absolute atomic E-state index is 5.65. The van der Waals surface area contributed by atoms with E-state index in [1.54, 1.807) is 6.33 Å². The Morgan fingerprint density at radius 1 is 1.47 bits per heavy atom. The summed E-state index contributed by atoms with van der Waals surface area (Å²) in [6, 6.07) is 0.532. The molecule has 1 aliphatic carbocycles. The van der Waals surface area contributed by atoms with Gasteiger partial charge in [0.25, 0.3) is 0 Å². The van der Waals surface area contributed by atoms with E-state index in [4.69, 9.17) is 5.73 Å². The van der Waals surface area contributed by atoms with Gasteiger partial charge < -0.3 is 15.6 Å². The van der Waals surface area contributed by atoms with Gasteiger partial charge in [0.2, 0.25) is 5.95 Å². The Morgan fingerprint density at radius 2 is 2.27 bits per heavy atom. The van der Waals surface area contributed by atoms with Crippen LogP contribution in [-0.2, 0) is 7.05 Å². The van der Waals surface area contributed by atoms with Crippen LogP contribution in [0.15, 0.2) is 6.33 Å². The molecule has 3 rings (SSSR count). The molecule has 0 atom stereocenters. The predicted octanol–water partition coefficient (Wildman–Crippen LogP) is 0.520. The second-order valence-corrected chi connectivity index (χ2v) is 3.88. The molecule has 0 radical (unpaired) electrons. The van der Waals surface area contributed by atoms with E-state index in [9.17, 15) is 0 Å². The molecule has 3 N–H and O–H groups in total. The van der Waals surface area contributed by atoms with Crippen LogP contribution in [0.5, 0.6) is 0 Å². The smallest absolute Gasteiger partial charge is 0.224 e. The first-order valence-electron chi connectivity index (χ1n) is 4.95. The van der Waals surface area contributed by atoms with Crippen molar-refractivity contribution >= 4 is 22.9 Å². The van der Waals surface area contributed by atoms with Crippen LogP contribution in [0.2, 0.25) is 0 Å². The van der Waals surface area contributed by atoms with E-state index < -0.39 is 0 Å². The van der Waals surface area contributed by atoms with E-state index in [-0.39, 0.29) is 5.95 Å². The van der Waals surface area contributed by atoms with Crippen LogP contribution in [0.4, 0.5) is 11.8 Å². The summed E-state index contributed by atoms with van der Waals surface area (Å²) < 4.78 is 1.84. The Hall–Kier alpha value is -1.85. The third-order valence-corrected chi connectivity index (χ3v) is 2.50. The molecule has 2 aromatic heterocycles. The van der Waals surface area contributed by atoms with Crippen LogP contribution in [0, 0.1) is 0 Å². The quantitative estimate of drug-likeness (QED) is 0.745. The lowest BCUT2D eigenvalue weighted by Gasteiger charge is -2.04. The summed E-state index contributed by atoms with van der Waals surface area (Å²) in [5, 5.41) is 3.31. The minimum atomic E-state index is 0.286. The molecule has 2 aromatic rings.